The number of hydrogen-bond donors (Lipinski definition) is 2. The zero-order valence-electron chi connectivity index (χ0n) is 23.6. The summed E-state index contributed by atoms with van der Waals surface area (Å²) >= 11 is 0. The van der Waals surface area contributed by atoms with E-state index in [1.54, 1.807) is 0 Å². The number of anilines is 3. The summed E-state index contributed by atoms with van der Waals surface area (Å²) in [5.74, 6) is -0.503. The summed E-state index contributed by atoms with van der Waals surface area (Å²) < 4.78 is 56.7. The molecule has 3 aromatic rings. The lowest BCUT2D eigenvalue weighted by Crippen LogP contribution is -2.50. The van der Waals surface area contributed by atoms with Crippen LogP contribution in [0, 0.1) is 11.7 Å². The minimum absolute atomic E-state index is 0.0903. The molecule has 2 aliphatic rings. The third kappa shape index (κ3) is 6.25. The van der Waals surface area contributed by atoms with Gasteiger partial charge in [0.1, 0.15) is 5.82 Å². The van der Waals surface area contributed by atoms with E-state index in [1.807, 2.05) is 18.9 Å². The molecule has 1 amide bonds. The lowest BCUT2D eigenvalue weighted by atomic mass is 10.00. The van der Waals surface area contributed by atoms with Crippen LogP contribution in [-0.2, 0) is 6.18 Å². The molecule has 2 aliphatic heterocycles. The van der Waals surface area contributed by atoms with Crippen LogP contribution in [0.4, 0.5) is 34.9 Å². The van der Waals surface area contributed by atoms with E-state index in [0.717, 1.165) is 32.1 Å². The number of alkyl halides is 3. The van der Waals surface area contributed by atoms with Crippen molar-refractivity contribution in [1.29, 1.82) is 0 Å². The number of rotatable bonds is 5. The van der Waals surface area contributed by atoms with Crippen molar-refractivity contribution >= 4 is 23.2 Å². The summed E-state index contributed by atoms with van der Waals surface area (Å²) in [4.78, 5) is 42.0. The topological polar surface area (TPSA) is 97.5 Å². The first-order valence-electron chi connectivity index (χ1n) is 13.9. The summed E-state index contributed by atoms with van der Waals surface area (Å²) in [6, 6.07) is 3.13. The highest BCUT2D eigenvalue weighted by molar-refractivity contribution is 6.07. The first-order chi connectivity index (χ1) is 19.9. The molecule has 0 radical (unpaired) electrons. The molecule has 0 aliphatic carbocycles. The fourth-order valence-corrected chi connectivity index (χ4v) is 5.33. The molecule has 13 heteroatoms. The fourth-order valence-electron chi connectivity index (χ4n) is 5.33. The van der Waals surface area contributed by atoms with E-state index < -0.39 is 34.6 Å². The molecule has 42 heavy (non-hydrogen) atoms. The van der Waals surface area contributed by atoms with Gasteiger partial charge in [-0.15, -0.1) is 0 Å². The van der Waals surface area contributed by atoms with Crippen LogP contribution < -0.4 is 20.7 Å². The van der Waals surface area contributed by atoms with Crippen molar-refractivity contribution in [3.63, 3.8) is 0 Å². The molecule has 2 N–H and O–H groups in total. The number of carbonyl (C=O) groups excluding carboxylic acids is 1. The minimum Gasteiger partial charge on any atom is -0.367 e. The summed E-state index contributed by atoms with van der Waals surface area (Å²) in [6.45, 7) is 7.56. The molecule has 9 nitrogen and oxygen atoms in total. The van der Waals surface area contributed by atoms with Gasteiger partial charge < -0.3 is 25.0 Å². The largest absolute Gasteiger partial charge is 0.417 e. The lowest BCUT2D eigenvalue weighted by molar-refractivity contribution is -0.138. The second-order valence-corrected chi connectivity index (χ2v) is 11.1. The Labute approximate surface area is 240 Å². The van der Waals surface area contributed by atoms with Crippen molar-refractivity contribution < 1.29 is 22.4 Å². The van der Waals surface area contributed by atoms with Crippen molar-refractivity contribution in [2.75, 3.05) is 54.9 Å². The minimum atomic E-state index is -4.93. The molecule has 224 valence electrons. The maximum absolute atomic E-state index is 15.7. The number of nitrogens with one attached hydrogen (secondary N) is 2. The number of likely N-dealkylation sites (N-methyl/N-ethyl adjacent to an activating group) is 1. The maximum Gasteiger partial charge on any atom is 0.417 e. The average Bonchev–Trinajstić information content (AvgIpc) is 2.95. The standard InChI is InChI=1S/C29H33F4N7O2/c1-17-4-6-39(7-5-17)28-35-13-19(14-36-28)20-10-24(25(12-23(20)30)40-9-8-38(3)18(2)16-40)37-27(42)21-15-34-26(41)11-22(21)29(31,32)33/h10-15,17-18H,4-9,16H2,1-3H3,(H,34,41)(H,37,42)/t18-/m0/s1. The van der Waals surface area contributed by atoms with E-state index in [0.29, 0.717) is 48.8 Å². The Balaban J connectivity index is 1.51. The van der Waals surface area contributed by atoms with Crippen molar-refractivity contribution in [2.24, 2.45) is 5.92 Å². The molecule has 4 heterocycles. The van der Waals surface area contributed by atoms with E-state index in [1.165, 1.54) is 24.5 Å². The molecular weight excluding hydrogens is 554 g/mol. The Kier molecular flexibility index (Phi) is 8.22. The quantitative estimate of drug-likeness (QED) is 0.421. The van der Waals surface area contributed by atoms with Gasteiger partial charge in [-0.1, -0.05) is 6.92 Å². The zero-order valence-corrected chi connectivity index (χ0v) is 23.6. The predicted octanol–water partition coefficient (Wildman–Crippen LogP) is 4.62. The van der Waals surface area contributed by atoms with Crippen LogP contribution in [0.15, 0.2) is 41.6 Å². The molecule has 1 aromatic carbocycles. The molecule has 2 aromatic heterocycles. The Morgan fingerprint density at radius 3 is 2.36 bits per heavy atom. The maximum atomic E-state index is 15.7. The number of piperazine rings is 1. The number of halogens is 4. The number of carbonyl (C=O) groups is 1. The fraction of sp³-hybridized carbons (Fsp3) is 0.448. The van der Waals surface area contributed by atoms with Gasteiger partial charge in [0.05, 0.1) is 22.5 Å². The molecule has 5 rings (SSSR count). The number of benzene rings is 1. The third-order valence-corrected chi connectivity index (χ3v) is 8.12. The Hall–Kier alpha value is -4.00. The molecule has 0 bridgehead atoms. The SMILES string of the molecule is CC1CCN(c2ncc(-c3cc(NC(=O)c4c[nH]c(=O)cc4C(F)(F)F)c(N4CCN(C)[C@@H](C)C4)cc3F)cn2)CC1. The molecule has 0 unspecified atom stereocenters. The van der Waals surface area contributed by atoms with Gasteiger partial charge in [-0.2, -0.15) is 13.2 Å². The molecule has 0 saturated carbocycles. The second-order valence-electron chi connectivity index (χ2n) is 11.1. The van der Waals surface area contributed by atoms with Gasteiger partial charge in [0, 0.05) is 74.5 Å². The second kappa shape index (κ2) is 11.7. The smallest absolute Gasteiger partial charge is 0.367 e. The monoisotopic (exact) mass is 587 g/mol. The van der Waals surface area contributed by atoms with Gasteiger partial charge in [0.25, 0.3) is 5.91 Å². The lowest BCUT2D eigenvalue weighted by Gasteiger charge is -2.39. The average molecular weight is 588 g/mol. The van der Waals surface area contributed by atoms with Crippen molar-refractivity contribution in [1.82, 2.24) is 19.9 Å². The molecular formula is C29H33F4N7O2. The van der Waals surface area contributed by atoms with Crippen LogP contribution in [0.5, 0.6) is 0 Å². The van der Waals surface area contributed by atoms with E-state index in [9.17, 15) is 22.8 Å². The number of pyridine rings is 1. The van der Waals surface area contributed by atoms with Crippen molar-refractivity contribution in [3.05, 3.63) is 64.1 Å². The first-order valence-corrected chi connectivity index (χ1v) is 13.9. The highest BCUT2D eigenvalue weighted by atomic mass is 19.4. The van der Waals surface area contributed by atoms with Crippen LogP contribution >= 0.6 is 0 Å². The molecule has 0 spiro atoms. The number of aromatic amines is 1. The zero-order chi connectivity index (χ0) is 30.2. The number of aromatic nitrogens is 3. The van der Waals surface area contributed by atoms with Crippen LogP contribution in [0.3, 0.4) is 0 Å². The van der Waals surface area contributed by atoms with E-state index in [-0.39, 0.29) is 17.3 Å². The number of H-pyrrole nitrogens is 1. The van der Waals surface area contributed by atoms with E-state index >= 15 is 4.39 Å². The Bertz CT molecular complexity index is 1500. The normalized spacial score (nSPS) is 18.8. The van der Waals surface area contributed by atoms with Crippen molar-refractivity contribution in [3.8, 4) is 11.1 Å². The number of amides is 1. The summed E-state index contributed by atoms with van der Waals surface area (Å²) in [7, 11) is 1.97. The van der Waals surface area contributed by atoms with Gasteiger partial charge >= 0.3 is 6.18 Å². The predicted molar refractivity (Wildman–Crippen MR) is 152 cm³/mol. The summed E-state index contributed by atoms with van der Waals surface area (Å²) in [6.07, 6.45) is 0.866. The summed E-state index contributed by atoms with van der Waals surface area (Å²) in [5.41, 5.74) is -2.20. The van der Waals surface area contributed by atoms with Crippen LogP contribution in [0.2, 0.25) is 0 Å². The Morgan fingerprint density at radius 1 is 1.02 bits per heavy atom. The summed E-state index contributed by atoms with van der Waals surface area (Å²) in [5, 5.41) is 2.55. The van der Waals surface area contributed by atoms with Crippen LogP contribution in [0.25, 0.3) is 11.1 Å². The molecule has 2 fully saturated rings. The first kappa shape index (κ1) is 29.5. The van der Waals surface area contributed by atoms with Gasteiger partial charge in [0.2, 0.25) is 11.5 Å². The van der Waals surface area contributed by atoms with E-state index in [4.69, 9.17) is 0 Å². The van der Waals surface area contributed by atoms with Gasteiger partial charge in [-0.25, -0.2) is 14.4 Å². The van der Waals surface area contributed by atoms with Crippen molar-refractivity contribution in [2.45, 2.75) is 38.9 Å². The van der Waals surface area contributed by atoms with Gasteiger partial charge in [-0.3, -0.25) is 9.59 Å². The number of hydrogen-bond acceptors (Lipinski definition) is 7. The highest BCUT2D eigenvalue weighted by Gasteiger charge is 2.36. The number of piperidine rings is 1. The molecule has 2 saturated heterocycles. The van der Waals surface area contributed by atoms with Gasteiger partial charge in [-0.05, 0) is 44.9 Å². The van der Waals surface area contributed by atoms with Gasteiger partial charge in [0.15, 0.2) is 0 Å². The van der Waals surface area contributed by atoms with Crippen LogP contribution in [-0.4, -0.2) is 71.6 Å². The molecule has 1 atom stereocenters. The third-order valence-electron chi connectivity index (χ3n) is 8.12. The Morgan fingerprint density at radius 2 is 1.71 bits per heavy atom. The van der Waals surface area contributed by atoms with Crippen LogP contribution in [0.1, 0.15) is 42.6 Å². The number of nitrogens with zero attached hydrogens (tertiary/aromatic N) is 5. The van der Waals surface area contributed by atoms with E-state index in [2.05, 4.69) is 37.0 Å². The highest BCUT2D eigenvalue weighted by Crippen LogP contribution is 2.37.